The van der Waals surface area contributed by atoms with Gasteiger partial charge in [-0.25, -0.2) is 13.2 Å². The number of benzene rings is 1. The minimum atomic E-state index is -3.72. The van der Waals surface area contributed by atoms with Gasteiger partial charge in [-0.15, -0.1) is 11.3 Å². The Morgan fingerprint density at radius 1 is 1.19 bits per heavy atom. The van der Waals surface area contributed by atoms with Crippen LogP contribution in [-0.4, -0.2) is 19.5 Å². The Balaban J connectivity index is 2.43. The Bertz CT molecular complexity index is 806. The van der Waals surface area contributed by atoms with Crippen LogP contribution in [0.1, 0.15) is 25.7 Å². The zero-order chi connectivity index (χ0) is 15.8. The SMILES string of the molecule is Cc1cc(S(=O)(=O)Nc2cc(C(=O)O)ccc2C)c(C)s1. The van der Waals surface area contributed by atoms with Crippen LogP contribution < -0.4 is 4.72 Å². The van der Waals surface area contributed by atoms with Gasteiger partial charge in [0.15, 0.2) is 0 Å². The van der Waals surface area contributed by atoms with E-state index in [0.29, 0.717) is 10.4 Å². The first-order valence-corrected chi connectivity index (χ1v) is 8.44. The second-order valence-electron chi connectivity index (χ2n) is 4.72. The summed E-state index contributed by atoms with van der Waals surface area (Å²) in [5.74, 6) is -1.10. The maximum atomic E-state index is 12.4. The van der Waals surface area contributed by atoms with Crippen LogP contribution in [0.25, 0.3) is 0 Å². The van der Waals surface area contributed by atoms with E-state index >= 15 is 0 Å². The maximum Gasteiger partial charge on any atom is 0.335 e. The Morgan fingerprint density at radius 2 is 1.86 bits per heavy atom. The number of aromatic carboxylic acids is 1. The van der Waals surface area contributed by atoms with Crippen molar-refractivity contribution in [3.8, 4) is 0 Å². The highest BCUT2D eigenvalue weighted by Crippen LogP contribution is 2.28. The molecular formula is C14H15NO4S2. The first kappa shape index (κ1) is 15.5. The van der Waals surface area contributed by atoms with Gasteiger partial charge in [0.1, 0.15) is 4.90 Å². The molecule has 21 heavy (non-hydrogen) atoms. The number of hydrogen-bond acceptors (Lipinski definition) is 4. The molecule has 2 N–H and O–H groups in total. The molecule has 1 heterocycles. The van der Waals surface area contributed by atoms with Crippen LogP contribution in [0.5, 0.6) is 0 Å². The molecule has 112 valence electrons. The third-order valence-corrected chi connectivity index (χ3v) is 5.60. The van der Waals surface area contributed by atoms with E-state index in [-0.39, 0.29) is 16.1 Å². The van der Waals surface area contributed by atoms with Crippen molar-refractivity contribution in [2.24, 2.45) is 0 Å². The third-order valence-electron chi connectivity index (χ3n) is 3.01. The first-order valence-electron chi connectivity index (χ1n) is 6.14. The second-order valence-corrected chi connectivity index (χ2v) is 7.83. The molecule has 1 aromatic carbocycles. The van der Waals surface area contributed by atoms with Crippen LogP contribution in [0.3, 0.4) is 0 Å². The number of thiophene rings is 1. The highest BCUT2D eigenvalue weighted by molar-refractivity contribution is 7.93. The molecule has 1 aromatic heterocycles. The summed E-state index contributed by atoms with van der Waals surface area (Å²) >= 11 is 1.41. The molecule has 5 nitrogen and oxygen atoms in total. The van der Waals surface area contributed by atoms with E-state index < -0.39 is 16.0 Å². The molecule has 0 unspecified atom stereocenters. The molecule has 2 rings (SSSR count). The van der Waals surface area contributed by atoms with Gasteiger partial charge in [-0.05, 0) is 44.5 Å². The minimum absolute atomic E-state index is 0.0384. The second kappa shape index (κ2) is 5.50. The van der Waals surface area contributed by atoms with Gasteiger partial charge in [0, 0.05) is 9.75 Å². The molecular weight excluding hydrogens is 310 g/mol. The highest BCUT2D eigenvalue weighted by Gasteiger charge is 2.20. The molecule has 2 aromatic rings. The first-order chi connectivity index (χ1) is 9.70. The molecule has 0 amide bonds. The molecule has 0 saturated heterocycles. The number of carbonyl (C=O) groups is 1. The molecule has 7 heteroatoms. The van der Waals surface area contributed by atoms with E-state index in [9.17, 15) is 13.2 Å². The molecule has 0 saturated carbocycles. The lowest BCUT2D eigenvalue weighted by atomic mass is 10.1. The lowest BCUT2D eigenvalue weighted by molar-refractivity contribution is 0.0697. The summed E-state index contributed by atoms with van der Waals surface area (Å²) in [6.07, 6.45) is 0. The number of carboxylic acids is 1. The van der Waals surface area contributed by atoms with E-state index in [1.807, 2.05) is 6.92 Å². The van der Waals surface area contributed by atoms with Gasteiger partial charge in [-0.3, -0.25) is 4.72 Å². The van der Waals surface area contributed by atoms with Gasteiger partial charge >= 0.3 is 5.97 Å². The minimum Gasteiger partial charge on any atom is -0.478 e. The van der Waals surface area contributed by atoms with Gasteiger partial charge in [-0.1, -0.05) is 6.07 Å². The Kier molecular flexibility index (Phi) is 4.06. The summed E-state index contributed by atoms with van der Waals surface area (Å²) in [6, 6.07) is 5.95. The Hall–Kier alpha value is -1.86. The van der Waals surface area contributed by atoms with E-state index in [1.165, 1.54) is 23.5 Å². The average Bonchev–Trinajstić information content (AvgIpc) is 2.71. The molecule has 0 bridgehead atoms. The number of nitrogens with one attached hydrogen (secondary N) is 1. The number of aryl methyl sites for hydroxylation is 3. The normalized spacial score (nSPS) is 11.4. The fraction of sp³-hybridized carbons (Fsp3) is 0.214. The lowest BCUT2D eigenvalue weighted by Crippen LogP contribution is -2.14. The maximum absolute atomic E-state index is 12.4. The molecule has 0 aliphatic heterocycles. The number of rotatable bonds is 4. The summed E-state index contributed by atoms with van der Waals surface area (Å²) in [7, 11) is -3.72. The quantitative estimate of drug-likeness (QED) is 0.904. The van der Waals surface area contributed by atoms with Gasteiger partial charge in [0.25, 0.3) is 10.0 Å². The van der Waals surface area contributed by atoms with Crippen LogP contribution in [0, 0.1) is 20.8 Å². The molecule has 0 aliphatic carbocycles. The Labute approximate surface area is 127 Å². The largest absolute Gasteiger partial charge is 0.478 e. The van der Waals surface area contributed by atoms with Gasteiger partial charge in [0.2, 0.25) is 0 Å². The molecule has 0 radical (unpaired) electrons. The summed E-state index contributed by atoms with van der Waals surface area (Å²) < 4.78 is 27.3. The van der Waals surface area contributed by atoms with Crippen molar-refractivity contribution in [1.29, 1.82) is 0 Å². The average molecular weight is 325 g/mol. The summed E-state index contributed by atoms with van der Waals surface area (Å²) in [6.45, 7) is 5.30. The number of hydrogen-bond donors (Lipinski definition) is 2. The van der Waals surface area contributed by atoms with Crippen LogP contribution >= 0.6 is 11.3 Å². The van der Waals surface area contributed by atoms with E-state index in [4.69, 9.17) is 5.11 Å². The zero-order valence-corrected chi connectivity index (χ0v) is 13.4. The van der Waals surface area contributed by atoms with E-state index in [2.05, 4.69) is 4.72 Å². The van der Waals surface area contributed by atoms with Crippen molar-refractivity contribution < 1.29 is 18.3 Å². The van der Waals surface area contributed by atoms with Gasteiger partial charge in [-0.2, -0.15) is 0 Å². The molecule has 0 atom stereocenters. The smallest absolute Gasteiger partial charge is 0.335 e. The topological polar surface area (TPSA) is 83.5 Å². The van der Waals surface area contributed by atoms with Gasteiger partial charge < -0.3 is 5.11 Å². The van der Waals surface area contributed by atoms with Crippen LogP contribution in [0.2, 0.25) is 0 Å². The van der Waals surface area contributed by atoms with Gasteiger partial charge in [0.05, 0.1) is 11.3 Å². The standard InChI is InChI=1S/C14H15NO4S2/c1-8-4-5-11(14(16)17)7-12(8)15-21(18,19)13-6-9(2)20-10(13)3/h4-7,15H,1-3H3,(H,16,17). The third kappa shape index (κ3) is 3.25. The monoisotopic (exact) mass is 325 g/mol. The van der Waals surface area contributed by atoms with Crippen molar-refractivity contribution in [3.05, 3.63) is 45.1 Å². The van der Waals surface area contributed by atoms with Crippen molar-refractivity contribution >= 4 is 33.0 Å². The molecule has 0 spiro atoms. The molecule has 0 aliphatic rings. The number of anilines is 1. The summed E-state index contributed by atoms with van der Waals surface area (Å²) in [5, 5.41) is 8.99. The predicted molar refractivity (Wildman–Crippen MR) is 82.7 cm³/mol. The van der Waals surface area contributed by atoms with Crippen LogP contribution in [0.15, 0.2) is 29.2 Å². The van der Waals surface area contributed by atoms with E-state index in [0.717, 1.165) is 4.88 Å². The number of carboxylic acid groups (broad SMARTS) is 1. The zero-order valence-electron chi connectivity index (χ0n) is 11.8. The summed E-state index contributed by atoms with van der Waals surface area (Å²) in [5.41, 5.74) is 0.975. The van der Waals surface area contributed by atoms with E-state index in [1.54, 1.807) is 26.0 Å². The fourth-order valence-corrected chi connectivity index (χ4v) is 4.62. The van der Waals surface area contributed by atoms with Crippen molar-refractivity contribution in [1.82, 2.24) is 0 Å². The van der Waals surface area contributed by atoms with Crippen LogP contribution in [0.4, 0.5) is 5.69 Å². The molecule has 0 fully saturated rings. The summed E-state index contributed by atoms with van der Waals surface area (Å²) in [4.78, 5) is 12.8. The fourth-order valence-electron chi connectivity index (χ4n) is 1.94. The predicted octanol–water partition coefficient (Wildman–Crippen LogP) is 3.17. The number of sulfonamides is 1. The van der Waals surface area contributed by atoms with Crippen molar-refractivity contribution in [3.63, 3.8) is 0 Å². The Morgan fingerprint density at radius 3 is 2.38 bits per heavy atom. The van der Waals surface area contributed by atoms with Crippen molar-refractivity contribution in [2.45, 2.75) is 25.7 Å². The lowest BCUT2D eigenvalue weighted by Gasteiger charge is -2.11. The van der Waals surface area contributed by atoms with Crippen molar-refractivity contribution in [2.75, 3.05) is 4.72 Å². The highest BCUT2D eigenvalue weighted by atomic mass is 32.2. The van der Waals surface area contributed by atoms with Crippen LogP contribution in [-0.2, 0) is 10.0 Å².